The Labute approximate surface area is 66.5 Å². The highest BCUT2D eigenvalue weighted by molar-refractivity contribution is 4.99. The van der Waals surface area contributed by atoms with Crippen molar-refractivity contribution in [3.63, 3.8) is 0 Å². The molecule has 3 nitrogen and oxygen atoms in total. The molecule has 1 aromatic heterocycles. The van der Waals surface area contributed by atoms with E-state index in [9.17, 15) is 5.11 Å². The van der Waals surface area contributed by atoms with E-state index in [2.05, 4.69) is 16.9 Å². The van der Waals surface area contributed by atoms with E-state index in [1.54, 1.807) is 12.5 Å². The molecule has 1 heterocycles. The first-order chi connectivity index (χ1) is 5.25. The molecule has 0 fully saturated rings. The summed E-state index contributed by atoms with van der Waals surface area (Å²) in [5, 5.41) is 9.61. The monoisotopic (exact) mass is 154 g/mol. The minimum atomic E-state index is -0.400. The number of aromatic nitrogens is 2. The van der Waals surface area contributed by atoms with Gasteiger partial charge in [-0.05, 0) is 5.92 Å². The van der Waals surface area contributed by atoms with E-state index < -0.39 is 6.10 Å². The fourth-order valence-electron chi connectivity index (χ4n) is 0.958. The standard InChI is InChI=1S/C8H14N2O/c1-3-6(2)8(11)7-4-9-5-10-7/h4-6,8,11H,3H2,1-2H3,(H,9,10). The third kappa shape index (κ3) is 1.80. The van der Waals surface area contributed by atoms with Gasteiger partial charge in [0.25, 0.3) is 0 Å². The molecule has 2 unspecified atom stereocenters. The van der Waals surface area contributed by atoms with Gasteiger partial charge in [0.15, 0.2) is 0 Å². The number of aliphatic hydroxyl groups excluding tert-OH is 1. The molecule has 0 aromatic carbocycles. The van der Waals surface area contributed by atoms with Crippen LogP contribution < -0.4 is 0 Å². The van der Waals surface area contributed by atoms with Crippen LogP contribution in [0.5, 0.6) is 0 Å². The Kier molecular flexibility index (Phi) is 2.65. The lowest BCUT2D eigenvalue weighted by Gasteiger charge is -2.14. The summed E-state index contributed by atoms with van der Waals surface area (Å²) in [4.78, 5) is 6.74. The molecule has 2 N–H and O–H groups in total. The van der Waals surface area contributed by atoms with Gasteiger partial charge >= 0.3 is 0 Å². The average molecular weight is 154 g/mol. The van der Waals surface area contributed by atoms with Crippen LogP contribution in [0.15, 0.2) is 12.5 Å². The summed E-state index contributed by atoms with van der Waals surface area (Å²) in [7, 11) is 0. The van der Waals surface area contributed by atoms with Crippen molar-refractivity contribution in [2.45, 2.75) is 26.4 Å². The molecule has 0 bridgehead atoms. The summed E-state index contributed by atoms with van der Waals surface area (Å²) < 4.78 is 0. The van der Waals surface area contributed by atoms with Crippen LogP contribution in [0.25, 0.3) is 0 Å². The van der Waals surface area contributed by atoms with E-state index in [0.29, 0.717) is 0 Å². The number of imidazole rings is 1. The van der Waals surface area contributed by atoms with E-state index in [0.717, 1.165) is 12.1 Å². The van der Waals surface area contributed by atoms with Crippen molar-refractivity contribution in [2.24, 2.45) is 5.92 Å². The van der Waals surface area contributed by atoms with Crippen molar-refractivity contribution >= 4 is 0 Å². The van der Waals surface area contributed by atoms with Crippen LogP contribution in [0.1, 0.15) is 32.1 Å². The first-order valence-corrected chi connectivity index (χ1v) is 3.92. The average Bonchev–Trinajstić information content (AvgIpc) is 2.53. The molecule has 0 aliphatic heterocycles. The third-order valence-electron chi connectivity index (χ3n) is 2.02. The van der Waals surface area contributed by atoms with Gasteiger partial charge in [-0.1, -0.05) is 20.3 Å². The zero-order chi connectivity index (χ0) is 8.27. The van der Waals surface area contributed by atoms with Gasteiger partial charge in [-0.25, -0.2) is 4.98 Å². The Morgan fingerprint density at radius 1 is 1.73 bits per heavy atom. The number of rotatable bonds is 3. The van der Waals surface area contributed by atoms with E-state index in [1.165, 1.54) is 0 Å². The van der Waals surface area contributed by atoms with Crippen LogP contribution in [0, 0.1) is 5.92 Å². The van der Waals surface area contributed by atoms with Crippen LogP contribution in [-0.4, -0.2) is 15.1 Å². The molecule has 0 saturated heterocycles. The fraction of sp³-hybridized carbons (Fsp3) is 0.625. The van der Waals surface area contributed by atoms with E-state index >= 15 is 0 Å². The highest BCUT2D eigenvalue weighted by atomic mass is 16.3. The summed E-state index contributed by atoms with van der Waals surface area (Å²) in [6.07, 6.45) is 3.82. The molecule has 0 spiro atoms. The molecule has 0 saturated carbocycles. The first kappa shape index (κ1) is 8.27. The van der Waals surface area contributed by atoms with Crippen molar-refractivity contribution in [3.05, 3.63) is 18.2 Å². The van der Waals surface area contributed by atoms with Gasteiger partial charge in [-0.3, -0.25) is 0 Å². The zero-order valence-electron chi connectivity index (χ0n) is 6.91. The Bertz CT molecular complexity index is 196. The molecular formula is C8H14N2O. The molecule has 0 aliphatic rings. The molecule has 2 atom stereocenters. The molecule has 1 rings (SSSR count). The maximum Gasteiger partial charge on any atom is 0.0979 e. The topological polar surface area (TPSA) is 48.9 Å². The molecule has 0 aliphatic carbocycles. The van der Waals surface area contributed by atoms with Crippen LogP contribution in [0.3, 0.4) is 0 Å². The number of hydrogen-bond donors (Lipinski definition) is 2. The predicted octanol–water partition coefficient (Wildman–Crippen LogP) is 1.49. The van der Waals surface area contributed by atoms with Gasteiger partial charge in [-0.2, -0.15) is 0 Å². The molecule has 62 valence electrons. The Hall–Kier alpha value is -0.830. The van der Waals surface area contributed by atoms with Crippen molar-refractivity contribution in [3.8, 4) is 0 Å². The van der Waals surface area contributed by atoms with E-state index in [1.807, 2.05) is 6.92 Å². The number of nitrogens with one attached hydrogen (secondary N) is 1. The Morgan fingerprint density at radius 2 is 2.45 bits per heavy atom. The second-order valence-corrected chi connectivity index (χ2v) is 2.84. The van der Waals surface area contributed by atoms with Crippen molar-refractivity contribution in [1.82, 2.24) is 9.97 Å². The van der Waals surface area contributed by atoms with Gasteiger partial charge in [-0.15, -0.1) is 0 Å². The van der Waals surface area contributed by atoms with Crippen LogP contribution in [0.4, 0.5) is 0 Å². The van der Waals surface area contributed by atoms with Gasteiger partial charge in [0.1, 0.15) is 0 Å². The number of aromatic amines is 1. The Morgan fingerprint density at radius 3 is 2.91 bits per heavy atom. The van der Waals surface area contributed by atoms with E-state index in [4.69, 9.17) is 0 Å². The number of aliphatic hydroxyl groups is 1. The van der Waals surface area contributed by atoms with Crippen molar-refractivity contribution in [2.75, 3.05) is 0 Å². The van der Waals surface area contributed by atoms with E-state index in [-0.39, 0.29) is 5.92 Å². The Balaban J connectivity index is 2.62. The van der Waals surface area contributed by atoms with Crippen LogP contribution in [0.2, 0.25) is 0 Å². The largest absolute Gasteiger partial charge is 0.387 e. The second-order valence-electron chi connectivity index (χ2n) is 2.84. The number of H-pyrrole nitrogens is 1. The molecular weight excluding hydrogens is 140 g/mol. The summed E-state index contributed by atoms with van der Waals surface area (Å²) in [5.41, 5.74) is 0.805. The minimum Gasteiger partial charge on any atom is -0.387 e. The first-order valence-electron chi connectivity index (χ1n) is 3.92. The molecule has 0 amide bonds. The summed E-state index contributed by atoms with van der Waals surface area (Å²) in [6.45, 7) is 4.08. The number of nitrogens with zero attached hydrogens (tertiary/aromatic N) is 1. The number of hydrogen-bond acceptors (Lipinski definition) is 2. The SMILES string of the molecule is CCC(C)C(O)c1cnc[nH]1. The lowest BCUT2D eigenvalue weighted by atomic mass is 10.0. The maximum absolute atomic E-state index is 9.61. The highest BCUT2D eigenvalue weighted by Crippen LogP contribution is 2.21. The molecule has 11 heavy (non-hydrogen) atoms. The fourth-order valence-corrected chi connectivity index (χ4v) is 0.958. The predicted molar refractivity (Wildman–Crippen MR) is 43.0 cm³/mol. The lowest BCUT2D eigenvalue weighted by Crippen LogP contribution is -2.08. The maximum atomic E-state index is 9.61. The quantitative estimate of drug-likeness (QED) is 0.693. The zero-order valence-corrected chi connectivity index (χ0v) is 6.91. The van der Waals surface area contributed by atoms with Crippen molar-refractivity contribution in [1.29, 1.82) is 0 Å². The van der Waals surface area contributed by atoms with Crippen LogP contribution >= 0.6 is 0 Å². The van der Waals surface area contributed by atoms with Crippen LogP contribution in [-0.2, 0) is 0 Å². The summed E-state index contributed by atoms with van der Waals surface area (Å²) in [6, 6.07) is 0. The molecule has 1 aromatic rings. The third-order valence-corrected chi connectivity index (χ3v) is 2.02. The highest BCUT2D eigenvalue weighted by Gasteiger charge is 2.14. The van der Waals surface area contributed by atoms with Gasteiger partial charge in [0, 0.05) is 0 Å². The second kappa shape index (κ2) is 3.53. The lowest BCUT2D eigenvalue weighted by molar-refractivity contribution is 0.112. The van der Waals surface area contributed by atoms with Gasteiger partial charge < -0.3 is 10.1 Å². The van der Waals surface area contributed by atoms with Crippen molar-refractivity contribution < 1.29 is 5.11 Å². The normalized spacial score (nSPS) is 16.3. The minimum absolute atomic E-state index is 0.287. The molecule has 3 heteroatoms. The van der Waals surface area contributed by atoms with Gasteiger partial charge in [0.2, 0.25) is 0 Å². The summed E-state index contributed by atoms with van der Waals surface area (Å²) >= 11 is 0. The summed E-state index contributed by atoms with van der Waals surface area (Å²) in [5.74, 6) is 0.287. The molecule has 0 radical (unpaired) electrons. The van der Waals surface area contributed by atoms with Gasteiger partial charge in [0.05, 0.1) is 24.3 Å². The smallest absolute Gasteiger partial charge is 0.0979 e.